The first-order chi connectivity index (χ1) is 14.7. The first kappa shape index (κ1) is 19.7. The van der Waals surface area contributed by atoms with Crippen LogP contribution in [0, 0.1) is 11.8 Å². The number of carbonyl (C=O) groups is 2. The van der Waals surface area contributed by atoms with E-state index in [9.17, 15) is 9.59 Å². The number of anilines is 1. The molecule has 0 bridgehead atoms. The maximum Gasteiger partial charge on any atom is 0.229 e. The quantitative estimate of drug-likeness (QED) is 0.800. The average molecular weight is 425 g/mol. The smallest absolute Gasteiger partial charge is 0.229 e. The summed E-state index contributed by atoms with van der Waals surface area (Å²) >= 11 is 1.61. The van der Waals surface area contributed by atoms with Crippen LogP contribution < -0.4 is 5.32 Å². The van der Waals surface area contributed by atoms with Crippen molar-refractivity contribution in [2.75, 3.05) is 25.0 Å². The van der Waals surface area contributed by atoms with Crippen molar-refractivity contribution in [3.05, 3.63) is 46.5 Å². The molecule has 2 aliphatic heterocycles. The van der Waals surface area contributed by atoms with Crippen molar-refractivity contribution >= 4 is 28.3 Å². The number of nitrogens with zero attached hydrogens (tertiary/aromatic N) is 3. The second-order valence-corrected chi connectivity index (χ2v) is 9.78. The zero-order valence-corrected chi connectivity index (χ0v) is 18.0. The minimum absolute atomic E-state index is 0.0243. The molecule has 3 aliphatic rings. The van der Waals surface area contributed by atoms with Crippen LogP contribution in [0.5, 0.6) is 0 Å². The zero-order chi connectivity index (χ0) is 20.5. The summed E-state index contributed by atoms with van der Waals surface area (Å²) in [6, 6.07) is 10.5. The van der Waals surface area contributed by atoms with E-state index in [2.05, 4.69) is 34.5 Å². The molecule has 0 radical (unpaired) electrons. The third kappa shape index (κ3) is 4.42. The molecule has 1 N–H and O–H groups in total. The van der Waals surface area contributed by atoms with E-state index in [-0.39, 0.29) is 17.7 Å². The van der Waals surface area contributed by atoms with Gasteiger partial charge >= 0.3 is 0 Å². The molecule has 5 rings (SSSR count). The van der Waals surface area contributed by atoms with Gasteiger partial charge in [-0.1, -0.05) is 30.3 Å². The molecule has 7 heteroatoms. The van der Waals surface area contributed by atoms with Gasteiger partial charge in [-0.15, -0.1) is 11.3 Å². The van der Waals surface area contributed by atoms with Crippen molar-refractivity contribution in [2.24, 2.45) is 11.8 Å². The number of nitrogens with one attached hydrogen (secondary N) is 1. The third-order valence-electron chi connectivity index (χ3n) is 6.39. The van der Waals surface area contributed by atoms with Crippen LogP contribution in [0.3, 0.4) is 0 Å². The van der Waals surface area contributed by atoms with Crippen LogP contribution in [0.15, 0.2) is 30.3 Å². The number of thiazole rings is 1. The largest absolute Gasteiger partial charge is 0.342 e. The summed E-state index contributed by atoms with van der Waals surface area (Å²) in [4.78, 5) is 35.3. The Bertz CT molecular complexity index is 917. The van der Waals surface area contributed by atoms with E-state index < -0.39 is 0 Å². The first-order valence-corrected chi connectivity index (χ1v) is 11.8. The van der Waals surface area contributed by atoms with Crippen molar-refractivity contribution in [3.63, 3.8) is 0 Å². The summed E-state index contributed by atoms with van der Waals surface area (Å²) in [5, 5.41) is 3.78. The molecule has 30 heavy (non-hydrogen) atoms. The molecule has 1 aliphatic carbocycles. The van der Waals surface area contributed by atoms with Gasteiger partial charge in [0.1, 0.15) is 0 Å². The summed E-state index contributed by atoms with van der Waals surface area (Å²) in [5.41, 5.74) is 2.45. The molecule has 1 aromatic heterocycles. The van der Waals surface area contributed by atoms with Crippen molar-refractivity contribution in [1.29, 1.82) is 0 Å². The highest BCUT2D eigenvalue weighted by atomic mass is 32.1. The molecule has 1 aromatic carbocycles. The molecular weight excluding hydrogens is 396 g/mol. The highest BCUT2D eigenvalue weighted by Crippen LogP contribution is 2.33. The normalized spacial score (nSPS) is 20.1. The lowest BCUT2D eigenvalue weighted by Gasteiger charge is -2.31. The van der Waals surface area contributed by atoms with Crippen molar-refractivity contribution in [1.82, 2.24) is 14.8 Å². The van der Waals surface area contributed by atoms with E-state index in [4.69, 9.17) is 4.98 Å². The standard InChI is InChI=1S/C23H28N4O2S/c28-21(17-8-12-27(13-9-17)22(29)18-6-7-18)25-23-24-19-10-11-26(15-20(19)30-23)14-16-4-2-1-3-5-16/h1-5,17-18H,6-15H2,(H,24,25,28). The fourth-order valence-corrected chi connectivity index (χ4v) is 5.49. The lowest BCUT2D eigenvalue weighted by molar-refractivity contribution is -0.135. The second kappa shape index (κ2) is 8.47. The molecule has 0 atom stereocenters. The van der Waals surface area contributed by atoms with Crippen LogP contribution in [-0.2, 0) is 29.1 Å². The molecule has 0 unspecified atom stereocenters. The van der Waals surface area contributed by atoms with Crippen LogP contribution in [-0.4, -0.2) is 46.2 Å². The Morgan fingerprint density at radius 2 is 1.80 bits per heavy atom. The van der Waals surface area contributed by atoms with Gasteiger partial charge in [0.15, 0.2) is 5.13 Å². The van der Waals surface area contributed by atoms with E-state index in [0.29, 0.717) is 19.0 Å². The number of benzene rings is 1. The SMILES string of the molecule is O=C(Nc1nc2c(s1)CN(Cc1ccccc1)CC2)C1CCN(C(=O)C2CC2)CC1. The summed E-state index contributed by atoms with van der Waals surface area (Å²) in [6.45, 7) is 4.23. The van der Waals surface area contributed by atoms with E-state index >= 15 is 0 Å². The molecular formula is C23H28N4O2S. The van der Waals surface area contributed by atoms with Gasteiger partial charge < -0.3 is 10.2 Å². The van der Waals surface area contributed by atoms with Gasteiger partial charge in [0.25, 0.3) is 0 Å². The molecule has 1 saturated carbocycles. The third-order valence-corrected chi connectivity index (χ3v) is 7.39. The predicted octanol–water partition coefficient (Wildman–Crippen LogP) is 3.29. The van der Waals surface area contributed by atoms with Crippen LogP contribution in [0.4, 0.5) is 5.13 Å². The van der Waals surface area contributed by atoms with E-state index in [0.717, 1.165) is 62.6 Å². The van der Waals surface area contributed by atoms with Crippen LogP contribution in [0.25, 0.3) is 0 Å². The Labute approximate surface area is 181 Å². The van der Waals surface area contributed by atoms with Gasteiger partial charge in [-0.3, -0.25) is 14.5 Å². The lowest BCUT2D eigenvalue weighted by Crippen LogP contribution is -2.42. The van der Waals surface area contributed by atoms with Crippen molar-refractivity contribution in [3.8, 4) is 0 Å². The van der Waals surface area contributed by atoms with Gasteiger partial charge in [0.05, 0.1) is 5.69 Å². The predicted molar refractivity (Wildman–Crippen MR) is 117 cm³/mol. The van der Waals surface area contributed by atoms with Gasteiger partial charge in [0, 0.05) is 55.9 Å². The zero-order valence-electron chi connectivity index (χ0n) is 17.2. The van der Waals surface area contributed by atoms with Crippen LogP contribution in [0.1, 0.15) is 41.8 Å². The Balaban J connectivity index is 1.14. The monoisotopic (exact) mass is 424 g/mol. The van der Waals surface area contributed by atoms with Crippen LogP contribution >= 0.6 is 11.3 Å². The Morgan fingerprint density at radius 3 is 2.53 bits per heavy atom. The van der Waals surface area contributed by atoms with Gasteiger partial charge in [-0.2, -0.15) is 0 Å². The number of hydrogen-bond acceptors (Lipinski definition) is 5. The lowest BCUT2D eigenvalue weighted by atomic mass is 9.95. The number of hydrogen-bond donors (Lipinski definition) is 1. The number of amides is 2. The van der Waals surface area contributed by atoms with Crippen molar-refractivity contribution in [2.45, 2.75) is 45.2 Å². The average Bonchev–Trinajstić information content (AvgIpc) is 3.54. The summed E-state index contributed by atoms with van der Waals surface area (Å²) in [6.07, 6.45) is 4.50. The van der Waals surface area contributed by atoms with E-state index in [1.165, 1.54) is 10.4 Å². The molecule has 1 saturated heterocycles. The van der Waals surface area contributed by atoms with Gasteiger partial charge in [-0.05, 0) is 31.2 Å². The second-order valence-electron chi connectivity index (χ2n) is 8.70. The maximum atomic E-state index is 12.8. The molecule has 2 fully saturated rings. The highest BCUT2D eigenvalue weighted by molar-refractivity contribution is 7.15. The molecule has 0 spiro atoms. The fraction of sp³-hybridized carbons (Fsp3) is 0.522. The number of fused-ring (bicyclic) bond motifs is 1. The van der Waals surface area contributed by atoms with E-state index in [1.54, 1.807) is 11.3 Å². The number of likely N-dealkylation sites (tertiary alicyclic amines) is 1. The minimum atomic E-state index is -0.0243. The minimum Gasteiger partial charge on any atom is -0.342 e. The van der Waals surface area contributed by atoms with E-state index in [1.807, 2.05) is 11.0 Å². The fourth-order valence-electron chi connectivity index (χ4n) is 4.44. The summed E-state index contributed by atoms with van der Waals surface area (Å²) < 4.78 is 0. The molecule has 2 amide bonds. The number of carbonyl (C=O) groups excluding carboxylic acids is 2. The summed E-state index contributed by atoms with van der Waals surface area (Å²) in [5.74, 6) is 0.588. The van der Waals surface area contributed by atoms with Gasteiger partial charge in [-0.25, -0.2) is 4.98 Å². The molecule has 2 aromatic rings. The summed E-state index contributed by atoms with van der Waals surface area (Å²) in [7, 11) is 0. The molecule has 6 nitrogen and oxygen atoms in total. The van der Waals surface area contributed by atoms with Crippen LogP contribution in [0.2, 0.25) is 0 Å². The van der Waals surface area contributed by atoms with Gasteiger partial charge in [0.2, 0.25) is 11.8 Å². The molecule has 3 heterocycles. The Hall–Kier alpha value is -2.25. The maximum absolute atomic E-state index is 12.8. The Morgan fingerprint density at radius 1 is 1.03 bits per heavy atom. The topological polar surface area (TPSA) is 65.5 Å². The number of rotatable bonds is 5. The molecule has 158 valence electrons. The number of aromatic nitrogens is 1. The first-order valence-electron chi connectivity index (χ1n) is 11.0. The Kier molecular flexibility index (Phi) is 5.56. The number of piperidine rings is 1. The highest BCUT2D eigenvalue weighted by Gasteiger charge is 2.36. The van der Waals surface area contributed by atoms with Crippen molar-refractivity contribution < 1.29 is 9.59 Å².